The van der Waals surface area contributed by atoms with Crippen LogP contribution in [-0.2, 0) is 11.3 Å². The molecular weight excluding hydrogens is 196 g/mol. The summed E-state index contributed by atoms with van der Waals surface area (Å²) >= 11 is 0. The Morgan fingerprint density at radius 2 is 2.06 bits per heavy atom. The number of allylic oxidation sites excluding steroid dienone is 2. The SMILES string of the molecule is C=CC(C)/C=C/CCOCc1ccccc1. The highest BCUT2D eigenvalue weighted by atomic mass is 16.5. The minimum atomic E-state index is 0.453. The molecule has 0 aromatic heterocycles. The van der Waals surface area contributed by atoms with Crippen molar-refractivity contribution in [2.24, 2.45) is 5.92 Å². The van der Waals surface area contributed by atoms with Crippen LogP contribution >= 0.6 is 0 Å². The molecule has 1 aromatic rings. The van der Waals surface area contributed by atoms with Gasteiger partial charge in [0, 0.05) is 0 Å². The van der Waals surface area contributed by atoms with E-state index < -0.39 is 0 Å². The second-order valence-corrected chi connectivity index (χ2v) is 3.85. The van der Waals surface area contributed by atoms with Gasteiger partial charge in [-0.15, -0.1) is 6.58 Å². The number of benzene rings is 1. The Kier molecular flexibility index (Phi) is 6.28. The fourth-order valence-corrected chi connectivity index (χ4v) is 1.31. The summed E-state index contributed by atoms with van der Waals surface area (Å²) in [6.07, 6.45) is 7.20. The van der Waals surface area contributed by atoms with E-state index in [9.17, 15) is 0 Å². The average molecular weight is 216 g/mol. The summed E-state index contributed by atoms with van der Waals surface area (Å²) in [6, 6.07) is 10.2. The van der Waals surface area contributed by atoms with Crippen LogP contribution in [0.3, 0.4) is 0 Å². The van der Waals surface area contributed by atoms with E-state index in [1.807, 2.05) is 24.3 Å². The van der Waals surface area contributed by atoms with E-state index in [0.29, 0.717) is 12.5 Å². The maximum atomic E-state index is 5.56. The third-order valence-corrected chi connectivity index (χ3v) is 2.35. The van der Waals surface area contributed by atoms with E-state index in [-0.39, 0.29) is 0 Å². The van der Waals surface area contributed by atoms with Crippen LogP contribution in [0.1, 0.15) is 18.9 Å². The second kappa shape index (κ2) is 7.89. The number of hydrogen-bond acceptors (Lipinski definition) is 1. The van der Waals surface area contributed by atoms with Gasteiger partial charge in [0.1, 0.15) is 0 Å². The molecule has 0 fully saturated rings. The van der Waals surface area contributed by atoms with Crippen LogP contribution in [0.25, 0.3) is 0 Å². The maximum Gasteiger partial charge on any atom is 0.0717 e. The Labute approximate surface area is 98.5 Å². The second-order valence-electron chi connectivity index (χ2n) is 3.85. The summed E-state index contributed by atoms with van der Waals surface area (Å²) in [5, 5.41) is 0. The lowest BCUT2D eigenvalue weighted by molar-refractivity contribution is 0.125. The van der Waals surface area contributed by atoms with Gasteiger partial charge in [-0.1, -0.05) is 55.5 Å². The molecule has 86 valence electrons. The third kappa shape index (κ3) is 5.52. The van der Waals surface area contributed by atoms with Gasteiger partial charge in [0.25, 0.3) is 0 Å². The highest BCUT2D eigenvalue weighted by molar-refractivity contribution is 5.13. The summed E-state index contributed by atoms with van der Waals surface area (Å²) < 4.78 is 5.56. The molecule has 0 spiro atoms. The molecule has 0 heterocycles. The van der Waals surface area contributed by atoms with Gasteiger partial charge in [-0.05, 0) is 17.9 Å². The first-order chi connectivity index (χ1) is 7.83. The largest absolute Gasteiger partial charge is 0.376 e. The molecule has 1 heteroatoms. The Morgan fingerprint density at radius 1 is 1.31 bits per heavy atom. The highest BCUT2D eigenvalue weighted by Gasteiger charge is 1.91. The molecule has 0 aliphatic rings. The Hall–Kier alpha value is -1.34. The zero-order valence-electron chi connectivity index (χ0n) is 9.93. The molecule has 0 saturated carbocycles. The van der Waals surface area contributed by atoms with E-state index in [2.05, 4.69) is 37.8 Å². The van der Waals surface area contributed by atoms with Crippen LogP contribution in [0, 0.1) is 5.92 Å². The number of ether oxygens (including phenoxy) is 1. The smallest absolute Gasteiger partial charge is 0.0717 e. The number of hydrogen-bond donors (Lipinski definition) is 0. The summed E-state index contributed by atoms with van der Waals surface area (Å²) in [5.74, 6) is 0.453. The van der Waals surface area contributed by atoms with E-state index >= 15 is 0 Å². The van der Waals surface area contributed by atoms with E-state index in [1.54, 1.807) is 0 Å². The minimum Gasteiger partial charge on any atom is -0.376 e. The van der Waals surface area contributed by atoms with E-state index in [0.717, 1.165) is 13.0 Å². The Morgan fingerprint density at radius 3 is 2.75 bits per heavy atom. The van der Waals surface area contributed by atoms with Gasteiger partial charge >= 0.3 is 0 Å². The van der Waals surface area contributed by atoms with E-state index in [1.165, 1.54) is 5.56 Å². The molecule has 16 heavy (non-hydrogen) atoms. The van der Waals surface area contributed by atoms with Crippen LogP contribution < -0.4 is 0 Å². The maximum absolute atomic E-state index is 5.56. The van der Waals surface area contributed by atoms with Crippen LogP contribution in [0.15, 0.2) is 55.1 Å². The summed E-state index contributed by atoms with van der Waals surface area (Å²) in [6.45, 7) is 7.33. The Bertz CT molecular complexity index is 313. The van der Waals surface area contributed by atoms with Crippen molar-refractivity contribution in [2.75, 3.05) is 6.61 Å². The van der Waals surface area contributed by atoms with Crippen molar-refractivity contribution in [3.63, 3.8) is 0 Å². The molecule has 0 saturated heterocycles. The van der Waals surface area contributed by atoms with E-state index in [4.69, 9.17) is 4.74 Å². The van der Waals surface area contributed by atoms with Crippen LogP contribution in [0.2, 0.25) is 0 Å². The van der Waals surface area contributed by atoms with Gasteiger partial charge in [0.15, 0.2) is 0 Å². The van der Waals surface area contributed by atoms with Crippen molar-refractivity contribution in [3.8, 4) is 0 Å². The van der Waals surface area contributed by atoms with Gasteiger partial charge in [0.05, 0.1) is 13.2 Å². The average Bonchev–Trinajstić information content (AvgIpc) is 2.34. The molecule has 0 radical (unpaired) electrons. The quantitative estimate of drug-likeness (QED) is 0.495. The van der Waals surface area contributed by atoms with Crippen LogP contribution in [0.5, 0.6) is 0 Å². The fraction of sp³-hybridized carbons (Fsp3) is 0.333. The topological polar surface area (TPSA) is 9.23 Å². The molecule has 0 amide bonds. The van der Waals surface area contributed by atoms with Crippen LogP contribution in [-0.4, -0.2) is 6.61 Å². The van der Waals surface area contributed by atoms with Crippen molar-refractivity contribution in [3.05, 3.63) is 60.7 Å². The molecule has 1 unspecified atom stereocenters. The first-order valence-corrected chi connectivity index (χ1v) is 5.74. The molecule has 0 aliphatic carbocycles. The molecule has 0 bridgehead atoms. The summed E-state index contributed by atoms with van der Waals surface area (Å²) in [5.41, 5.74) is 1.23. The van der Waals surface area contributed by atoms with Gasteiger partial charge < -0.3 is 4.74 Å². The Balaban J connectivity index is 2.09. The standard InChI is InChI=1S/C15H20O/c1-3-14(2)9-7-8-12-16-13-15-10-5-4-6-11-15/h3-7,9-11,14H,1,8,12-13H2,2H3/b9-7+. The minimum absolute atomic E-state index is 0.453. The normalized spacial score (nSPS) is 12.8. The monoisotopic (exact) mass is 216 g/mol. The zero-order chi connectivity index (χ0) is 11.6. The highest BCUT2D eigenvalue weighted by Crippen LogP contribution is 2.02. The first kappa shape index (κ1) is 12.7. The fourth-order valence-electron chi connectivity index (χ4n) is 1.31. The summed E-state index contributed by atoms with van der Waals surface area (Å²) in [4.78, 5) is 0. The molecule has 1 aromatic carbocycles. The molecule has 1 atom stereocenters. The molecule has 0 aliphatic heterocycles. The van der Waals surface area contributed by atoms with Crippen molar-refractivity contribution in [1.29, 1.82) is 0 Å². The third-order valence-electron chi connectivity index (χ3n) is 2.35. The lowest BCUT2D eigenvalue weighted by Crippen LogP contribution is -1.94. The molecule has 0 N–H and O–H groups in total. The van der Waals surface area contributed by atoms with Gasteiger partial charge in [-0.25, -0.2) is 0 Å². The first-order valence-electron chi connectivity index (χ1n) is 5.74. The van der Waals surface area contributed by atoms with Gasteiger partial charge in [0.2, 0.25) is 0 Å². The predicted molar refractivity (Wildman–Crippen MR) is 69.2 cm³/mol. The predicted octanol–water partition coefficient (Wildman–Crippen LogP) is 3.97. The zero-order valence-corrected chi connectivity index (χ0v) is 9.93. The number of rotatable bonds is 7. The molecular formula is C15H20O. The van der Waals surface area contributed by atoms with Crippen molar-refractivity contribution in [1.82, 2.24) is 0 Å². The van der Waals surface area contributed by atoms with Gasteiger partial charge in [-0.3, -0.25) is 0 Å². The van der Waals surface area contributed by atoms with Crippen LogP contribution in [0.4, 0.5) is 0 Å². The van der Waals surface area contributed by atoms with Crippen molar-refractivity contribution in [2.45, 2.75) is 20.0 Å². The van der Waals surface area contributed by atoms with Crippen molar-refractivity contribution < 1.29 is 4.74 Å². The molecule has 1 nitrogen and oxygen atoms in total. The lowest BCUT2D eigenvalue weighted by Gasteiger charge is -2.02. The van der Waals surface area contributed by atoms with Crippen molar-refractivity contribution >= 4 is 0 Å². The van der Waals surface area contributed by atoms with Gasteiger partial charge in [-0.2, -0.15) is 0 Å². The summed E-state index contributed by atoms with van der Waals surface area (Å²) in [7, 11) is 0. The molecule has 1 rings (SSSR count). The lowest BCUT2D eigenvalue weighted by atomic mass is 10.1.